The normalized spacial score (nSPS) is 10.9. The lowest BCUT2D eigenvalue weighted by Gasteiger charge is -2.10. The van der Waals surface area contributed by atoms with Crippen molar-refractivity contribution in [1.29, 1.82) is 0 Å². The van der Waals surface area contributed by atoms with E-state index in [2.05, 4.69) is 40.1 Å². The van der Waals surface area contributed by atoms with Crippen molar-refractivity contribution in [2.45, 2.75) is 26.9 Å². The Morgan fingerprint density at radius 2 is 2.32 bits per heavy atom. The lowest BCUT2D eigenvalue weighted by atomic mass is 10.2. The zero-order chi connectivity index (χ0) is 13.8. The fourth-order valence-electron chi connectivity index (χ4n) is 1.72. The maximum Gasteiger partial charge on any atom is 0.293 e. The Labute approximate surface area is 124 Å². The van der Waals surface area contributed by atoms with E-state index in [1.54, 1.807) is 28.3 Å². The van der Waals surface area contributed by atoms with Gasteiger partial charge in [-0.2, -0.15) is 0 Å². The number of nitrogens with one attached hydrogen (secondary N) is 1. The first-order valence-corrected chi connectivity index (χ1v) is 7.75. The summed E-state index contributed by atoms with van der Waals surface area (Å²) in [6, 6.07) is 2.03. The van der Waals surface area contributed by atoms with Gasteiger partial charge in [-0.1, -0.05) is 13.8 Å². The molecule has 0 fully saturated rings. The summed E-state index contributed by atoms with van der Waals surface area (Å²) in [6.45, 7) is 5.50. The third-order valence-corrected chi connectivity index (χ3v) is 4.22. The summed E-state index contributed by atoms with van der Waals surface area (Å²) >= 11 is 5.06. The average Bonchev–Trinajstić information content (AvgIpc) is 2.76. The van der Waals surface area contributed by atoms with E-state index in [1.165, 1.54) is 0 Å². The van der Waals surface area contributed by atoms with Gasteiger partial charge in [-0.15, -0.1) is 11.3 Å². The van der Waals surface area contributed by atoms with E-state index in [-0.39, 0.29) is 5.56 Å². The van der Waals surface area contributed by atoms with Crippen LogP contribution in [0.1, 0.15) is 18.7 Å². The number of hydrogen-bond donors (Lipinski definition) is 1. The predicted octanol–water partition coefficient (Wildman–Crippen LogP) is 3.34. The van der Waals surface area contributed by atoms with Crippen molar-refractivity contribution in [2.75, 3.05) is 5.32 Å². The molecule has 0 aliphatic carbocycles. The van der Waals surface area contributed by atoms with Gasteiger partial charge in [-0.3, -0.25) is 4.79 Å². The summed E-state index contributed by atoms with van der Waals surface area (Å²) in [5, 5.41) is 5.12. The monoisotopic (exact) mass is 341 g/mol. The van der Waals surface area contributed by atoms with Crippen LogP contribution < -0.4 is 10.9 Å². The second-order valence-electron chi connectivity index (χ2n) is 4.71. The second-order valence-corrected chi connectivity index (χ2v) is 6.62. The number of anilines is 1. The second kappa shape index (κ2) is 6.34. The molecule has 0 saturated carbocycles. The Hall–Kier alpha value is -1.14. The first-order chi connectivity index (χ1) is 9.06. The molecule has 1 N–H and O–H groups in total. The summed E-state index contributed by atoms with van der Waals surface area (Å²) in [6.07, 6.45) is 3.39. The molecule has 2 rings (SSSR count). The molecule has 6 heteroatoms. The fourth-order valence-corrected chi connectivity index (χ4v) is 3.11. The molecule has 2 aromatic heterocycles. The molecule has 4 nitrogen and oxygen atoms in total. The maximum atomic E-state index is 12.2. The smallest absolute Gasteiger partial charge is 0.293 e. The van der Waals surface area contributed by atoms with E-state index in [4.69, 9.17) is 0 Å². The first kappa shape index (κ1) is 14.3. The van der Waals surface area contributed by atoms with Gasteiger partial charge in [0.15, 0.2) is 5.82 Å². The minimum atomic E-state index is -0.0631. The Kier molecular flexibility index (Phi) is 4.76. The summed E-state index contributed by atoms with van der Waals surface area (Å²) in [4.78, 5) is 17.4. The van der Waals surface area contributed by atoms with Crippen LogP contribution >= 0.6 is 27.3 Å². The van der Waals surface area contributed by atoms with Crippen LogP contribution in [0.3, 0.4) is 0 Å². The van der Waals surface area contributed by atoms with E-state index >= 15 is 0 Å². The van der Waals surface area contributed by atoms with Gasteiger partial charge in [0.25, 0.3) is 5.56 Å². The van der Waals surface area contributed by atoms with Crippen LogP contribution in [0.25, 0.3) is 0 Å². The molecule has 0 spiro atoms. The molecular formula is C13H16BrN3OS. The number of thiophene rings is 1. The Morgan fingerprint density at radius 1 is 1.53 bits per heavy atom. The molecule has 0 aromatic carbocycles. The third-order valence-electron chi connectivity index (χ3n) is 2.53. The number of halogens is 1. The van der Waals surface area contributed by atoms with E-state index in [1.807, 2.05) is 11.4 Å². The van der Waals surface area contributed by atoms with Crippen molar-refractivity contribution < 1.29 is 0 Å². The van der Waals surface area contributed by atoms with Gasteiger partial charge in [0.05, 0.1) is 6.54 Å². The van der Waals surface area contributed by atoms with Crippen LogP contribution in [0, 0.1) is 5.92 Å². The highest BCUT2D eigenvalue weighted by molar-refractivity contribution is 9.10. The van der Waals surface area contributed by atoms with Crippen molar-refractivity contribution in [3.8, 4) is 0 Å². The molecule has 2 heterocycles. The Balaban J connectivity index is 2.10. The van der Waals surface area contributed by atoms with Crippen molar-refractivity contribution in [2.24, 2.45) is 5.92 Å². The highest BCUT2D eigenvalue weighted by atomic mass is 79.9. The highest BCUT2D eigenvalue weighted by Gasteiger charge is 2.06. The highest BCUT2D eigenvalue weighted by Crippen LogP contribution is 2.20. The number of rotatable bonds is 5. The zero-order valence-corrected chi connectivity index (χ0v) is 13.3. The molecule has 0 aliphatic rings. The third kappa shape index (κ3) is 3.91. The average molecular weight is 342 g/mol. The van der Waals surface area contributed by atoms with Crippen molar-refractivity contribution >= 4 is 33.1 Å². The largest absolute Gasteiger partial charge is 0.361 e. The Morgan fingerprint density at radius 3 is 2.95 bits per heavy atom. The summed E-state index contributed by atoms with van der Waals surface area (Å²) < 4.78 is 2.76. The molecule has 0 bridgehead atoms. The molecule has 2 aromatic rings. The van der Waals surface area contributed by atoms with Crippen LogP contribution in [-0.2, 0) is 13.1 Å². The van der Waals surface area contributed by atoms with Crippen molar-refractivity contribution in [3.63, 3.8) is 0 Å². The molecule has 0 amide bonds. The molecule has 0 unspecified atom stereocenters. The quantitative estimate of drug-likeness (QED) is 0.907. The van der Waals surface area contributed by atoms with E-state index < -0.39 is 0 Å². The van der Waals surface area contributed by atoms with Gasteiger partial charge in [0, 0.05) is 33.7 Å². The maximum absolute atomic E-state index is 12.2. The van der Waals surface area contributed by atoms with Gasteiger partial charge in [-0.05, 0) is 27.9 Å². The SMILES string of the molecule is CC(C)Cn1ccnc(NCc2cc(Br)cs2)c1=O. The molecule has 0 radical (unpaired) electrons. The number of nitrogens with zero attached hydrogens (tertiary/aromatic N) is 2. The van der Waals surface area contributed by atoms with Crippen molar-refractivity contribution in [1.82, 2.24) is 9.55 Å². The molecule has 19 heavy (non-hydrogen) atoms. The van der Waals surface area contributed by atoms with Crippen molar-refractivity contribution in [3.05, 3.63) is 43.5 Å². The van der Waals surface area contributed by atoms with Gasteiger partial charge in [0.1, 0.15) is 0 Å². The van der Waals surface area contributed by atoms with Gasteiger partial charge in [0.2, 0.25) is 0 Å². The minimum absolute atomic E-state index is 0.0631. The molecule has 102 valence electrons. The van der Waals surface area contributed by atoms with Crippen LogP contribution in [0.2, 0.25) is 0 Å². The number of hydrogen-bond acceptors (Lipinski definition) is 4. The van der Waals surface area contributed by atoms with E-state index in [0.717, 1.165) is 9.35 Å². The van der Waals surface area contributed by atoms with Gasteiger partial charge < -0.3 is 9.88 Å². The standard InChI is InChI=1S/C13H16BrN3OS/c1-9(2)7-17-4-3-15-12(13(17)18)16-6-11-5-10(14)8-19-11/h3-5,8-9H,6-7H2,1-2H3,(H,15,16). The van der Waals surface area contributed by atoms with E-state index in [9.17, 15) is 4.79 Å². The molecule has 0 saturated heterocycles. The lowest BCUT2D eigenvalue weighted by molar-refractivity contribution is 0.509. The Bertz CT molecular complexity index is 606. The van der Waals surface area contributed by atoms with Crippen LogP contribution in [-0.4, -0.2) is 9.55 Å². The van der Waals surface area contributed by atoms with Gasteiger partial charge in [-0.25, -0.2) is 4.98 Å². The topological polar surface area (TPSA) is 46.9 Å². The summed E-state index contributed by atoms with van der Waals surface area (Å²) in [5.74, 6) is 0.842. The molecule has 0 atom stereocenters. The van der Waals surface area contributed by atoms with Crippen LogP contribution in [0.4, 0.5) is 5.82 Å². The lowest BCUT2D eigenvalue weighted by Crippen LogP contribution is -2.25. The van der Waals surface area contributed by atoms with Crippen LogP contribution in [0.15, 0.2) is 33.1 Å². The minimum Gasteiger partial charge on any atom is -0.361 e. The van der Waals surface area contributed by atoms with Crippen LogP contribution in [0.5, 0.6) is 0 Å². The summed E-state index contributed by atoms with van der Waals surface area (Å²) in [5.41, 5.74) is -0.0631. The zero-order valence-electron chi connectivity index (χ0n) is 10.9. The molecular weight excluding hydrogens is 326 g/mol. The number of aromatic nitrogens is 2. The summed E-state index contributed by atoms with van der Waals surface area (Å²) in [7, 11) is 0. The van der Waals surface area contributed by atoms with Gasteiger partial charge >= 0.3 is 0 Å². The predicted molar refractivity (Wildman–Crippen MR) is 82.7 cm³/mol. The first-order valence-electron chi connectivity index (χ1n) is 6.08. The fraction of sp³-hybridized carbons (Fsp3) is 0.385. The molecule has 0 aliphatic heterocycles. The van der Waals surface area contributed by atoms with E-state index in [0.29, 0.717) is 24.8 Å².